The third-order valence-corrected chi connectivity index (χ3v) is 20.0. The van der Waals surface area contributed by atoms with Gasteiger partial charge in [-0.15, -0.1) is 90.7 Å². The van der Waals surface area contributed by atoms with E-state index in [0.29, 0.717) is 0 Å². The molecule has 0 saturated heterocycles. The van der Waals surface area contributed by atoms with E-state index in [-0.39, 0.29) is 0 Å². The van der Waals surface area contributed by atoms with E-state index in [1.54, 1.807) is 0 Å². The topological polar surface area (TPSA) is 0 Å². The maximum atomic E-state index is 2.42. The lowest BCUT2D eigenvalue weighted by Crippen LogP contribution is -2.26. The highest BCUT2D eigenvalue weighted by atomic mass is 32.1. The molecule has 8 heteroatoms. The lowest BCUT2D eigenvalue weighted by atomic mass is 9.75. The van der Waals surface area contributed by atoms with E-state index >= 15 is 0 Å². The second kappa shape index (κ2) is 13.6. The summed E-state index contributed by atoms with van der Waals surface area (Å²) in [6.07, 6.45) is 0. The quantitative estimate of drug-likeness (QED) is 0.143. The van der Waals surface area contributed by atoms with Crippen LogP contribution in [0.25, 0.3) is 69.7 Å². The van der Waals surface area contributed by atoms with Crippen molar-refractivity contribution < 1.29 is 0 Å². The van der Waals surface area contributed by atoms with Gasteiger partial charge >= 0.3 is 0 Å². The first-order chi connectivity index (χ1) is 27.0. The molecule has 0 saturated carbocycles. The molecular formula is C47H30S8. The van der Waals surface area contributed by atoms with E-state index in [1.165, 1.54) is 102 Å². The van der Waals surface area contributed by atoms with Crippen molar-refractivity contribution in [3.8, 4) is 69.7 Å². The monoisotopic (exact) mass is 850 g/mol. The molecular weight excluding hydrogens is 821 g/mol. The molecule has 0 amide bonds. The van der Waals surface area contributed by atoms with E-state index in [0.717, 1.165) is 0 Å². The number of benzene rings is 2. The number of thiophene rings is 8. The molecule has 0 unspecified atom stereocenters. The van der Waals surface area contributed by atoms with Gasteiger partial charge in [-0.2, -0.15) is 0 Å². The summed E-state index contributed by atoms with van der Waals surface area (Å²) < 4.78 is 0. The van der Waals surface area contributed by atoms with Crippen molar-refractivity contribution >= 4 is 90.7 Å². The first-order valence-corrected chi connectivity index (χ1v) is 24.6. The van der Waals surface area contributed by atoms with Crippen molar-refractivity contribution in [1.29, 1.82) is 0 Å². The molecule has 0 radical (unpaired) electrons. The predicted octanol–water partition coefficient (Wildman–Crippen LogP) is 17.2. The zero-order valence-electron chi connectivity index (χ0n) is 29.6. The van der Waals surface area contributed by atoms with Gasteiger partial charge in [0.2, 0.25) is 0 Å². The highest BCUT2D eigenvalue weighted by Gasteiger charge is 2.48. The summed E-state index contributed by atoms with van der Waals surface area (Å²) in [6, 6.07) is 50.9. The van der Waals surface area contributed by atoms with Crippen molar-refractivity contribution in [2.45, 2.75) is 19.3 Å². The minimum Gasteiger partial charge on any atom is -0.143 e. The fraction of sp³-hybridized carbons (Fsp3) is 0.0638. The number of rotatable bonds is 8. The molecule has 0 spiro atoms. The van der Waals surface area contributed by atoms with E-state index in [1.807, 2.05) is 90.7 Å². The van der Waals surface area contributed by atoms with Crippen LogP contribution in [0.1, 0.15) is 32.0 Å². The first kappa shape index (κ1) is 34.3. The lowest BCUT2D eigenvalue weighted by Gasteiger charge is -2.30. The van der Waals surface area contributed by atoms with Crippen LogP contribution in [0.15, 0.2) is 144 Å². The molecule has 10 aromatic rings. The Morgan fingerprint density at radius 2 is 0.655 bits per heavy atom. The summed E-state index contributed by atoms with van der Waals surface area (Å²) in [5.41, 5.74) is 7.69. The standard InChI is InChI=1S/C47H30S8/c1-27-7-9-31-29(25-27)30-26-28(2)8-10-32(30)47(31,45-21-19-43(54-45)41-17-15-39(52-41)37-13-11-35(50-37)33-5-3-23-48-33)46-22-20-44(55-46)42-18-16-40(53-42)38-14-12-36(51-38)34-6-4-24-49-34/h3-26H,1-2H3. The average Bonchev–Trinajstić information content (AvgIpc) is 4.06. The molecule has 11 rings (SSSR count). The van der Waals surface area contributed by atoms with Crippen LogP contribution in [0.3, 0.4) is 0 Å². The maximum absolute atomic E-state index is 2.42. The Hall–Kier alpha value is -3.96. The van der Waals surface area contributed by atoms with Crippen LogP contribution in [-0.4, -0.2) is 0 Å². The molecule has 0 nitrogen and oxygen atoms in total. The zero-order valence-corrected chi connectivity index (χ0v) is 36.2. The molecule has 0 N–H and O–H groups in total. The second-order valence-corrected chi connectivity index (χ2v) is 22.2. The summed E-state index contributed by atoms with van der Waals surface area (Å²) in [4.78, 5) is 18.8. The molecule has 8 aromatic heterocycles. The molecule has 2 aromatic carbocycles. The minimum atomic E-state index is -0.398. The lowest BCUT2D eigenvalue weighted by molar-refractivity contribution is 0.807. The normalized spacial score (nSPS) is 13.1. The minimum absolute atomic E-state index is 0.398. The van der Waals surface area contributed by atoms with Crippen molar-refractivity contribution in [2.75, 3.05) is 0 Å². The molecule has 266 valence electrons. The zero-order chi connectivity index (χ0) is 36.7. The van der Waals surface area contributed by atoms with Crippen LogP contribution >= 0.6 is 90.7 Å². The van der Waals surface area contributed by atoms with Crippen LogP contribution in [0.2, 0.25) is 0 Å². The SMILES string of the molecule is Cc1ccc2c(c1)-c1cc(C)ccc1C2(c1ccc(-c2ccc(-c3ccc(-c4cccs4)s3)s2)s1)c1ccc(-c2ccc(-c3ccc(-c4cccs4)s3)s2)s1. The molecule has 55 heavy (non-hydrogen) atoms. The molecule has 8 heterocycles. The fourth-order valence-corrected chi connectivity index (χ4v) is 16.4. The number of fused-ring (bicyclic) bond motifs is 3. The molecule has 1 aliphatic rings. The van der Waals surface area contributed by atoms with Gasteiger partial charge < -0.3 is 0 Å². The van der Waals surface area contributed by atoms with Gasteiger partial charge in [0.15, 0.2) is 0 Å². The Bertz CT molecular complexity index is 2760. The molecule has 0 bridgehead atoms. The van der Waals surface area contributed by atoms with Crippen molar-refractivity contribution in [3.05, 3.63) is 176 Å². The van der Waals surface area contributed by atoms with E-state index < -0.39 is 5.41 Å². The van der Waals surface area contributed by atoms with Gasteiger partial charge in [-0.25, -0.2) is 0 Å². The Morgan fingerprint density at radius 3 is 1.00 bits per heavy atom. The largest absolute Gasteiger partial charge is 0.143 e. The van der Waals surface area contributed by atoms with Crippen LogP contribution in [0, 0.1) is 13.8 Å². The Kier molecular flexibility index (Phi) is 8.49. The van der Waals surface area contributed by atoms with Crippen LogP contribution in [0.4, 0.5) is 0 Å². The maximum Gasteiger partial charge on any atom is 0.0899 e. The van der Waals surface area contributed by atoms with Gasteiger partial charge in [-0.1, -0.05) is 59.7 Å². The van der Waals surface area contributed by atoms with Crippen molar-refractivity contribution in [1.82, 2.24) is 0 Å². The smallest absolute Gasteiger partial charge is 0.0899 e. The third kappa shape index (κ3) is 5.72. The Morgan fingerprint density at radius 1 is 0.327 bits per heavy atom. The van der Waals surface area contributed by atoms with Gasteiger partial charge in [0.25, 0.3) is 0 Å². The van der Waals surface area contributed by atoms with Gasteiger partial charge in [0.1, 0.15) is 0 Å². The van der Waals surface area contributed by atoms with E-state index in [4.69, 9.17) is 0 Å². The number of aryl methyl sites for hydroxylation is 2. The highest BCUT2D eigenvalue weighted by molar-refractivity contribution is 7.29. The fourth-order valence-electron chi connectivity index (χ4n) is 7.81. The van der Waals surface area contributed by atoms with E-state index in [2.05, 4.69) is 158 Å². The number of hydrogen-bond donors (Lipinski definition) is 0. The summed E-state index contributed by atoms with van der Waals surface area (Å²) in [6.45, 7) is 4.44. The predicted molar refractivity (Wildman–Crippen MR) is 249 cm³/mol. The molecule has 1 aliphatic carbocycles. The Labute approximate surface area is 352 Å². The van der Waals surface area contributed by atoms with Gasteiger partial charge in [-0.3, -0.25) is 0 Å². The van der Waals surface area contributed by atoms with Crippen molar-refractivity contribution in [2.24, 2.45) is 0 Å². The third-order valence-electron chi connectivity index (χ3n) is 10.3. The highest BCUT2D eigenvalue weighted by Crippen LogP contribution is 2.60. The van der Waals surface area contributed by atoms with Crippen molar-refractivity contribution in [3.63, 3.8) is 0 Å². The van der Waals surface area contributed by atoms with Crippen LogP contribution in [-0.2, 0) is 5.41 Å². The van der Waals surface area contributed by atoms with Crippen LogP contribution < -0.4 is 0 Å². The summed E-state index contributed by atoms with van der Waals surface area (Å²) in [5, 5.41) is 4.32. The molecule has 0 fully saturated rings. The summed E-state index contributed by atoms with van der Waals surface area (Å²) in [5.74, 6) is 0. The Balaban J connectivity index is 1.01. The average molecular weight is 851 g/mol. The summed E-state index contributed by atoms with van der Waals surface area (Å²) in [7, 11) is 0. The van der Waals surface area contributed by atoms with Gasteiger partial charge in [-0.05, 0) is 132 Å². The first-order valence-electron chi connectivity index (χ1n) is 17.9. The van der Waals surface area contributed by atoms with Crippen LogP contribution in [0.5, 0.6) is 0 Å². The second-order valence-electron chi connectivity index (χ2n) is 13.8. The van der Waals surface area contributed by atoms with E-state index in [9.17, 15) is 0 Å². The molecule has 0 aliphatic heterocycles. The molecule has 0 atom stereocenters. The van der Waals surface area contributed by atoms with Gasteiger partial charge in [0, 0.05) is 68.3 Å². The number of hydrogen-bond acceptors (Lipinski definition) is 8. The summed E-state index contributed by atoms with van der Waals surface area (Å²) >= 11 is 15.1. The van der Waals surface area contributed by atoms with Gasteiger partial charge in [0.05, 0.1) is 5.41 Å².